The van der Waals surface area contributed by atoms with E-state index in [1.165, 1.54) is 6.07 Å². The van der Waals surface area contributed by atoms with Crippen molar-refractivity contribution in [3.63, 3.8) is 0 Å². The van der Waals surface area contributed by atoms with Crippen LogP contribution in [-0.2, 0) is 11.2 Å². The predicted molar refractivity (Wildman–Crippen MR) is 59.3 cm³/mol. The average Bonchev–Trinajstić information content (AvgIpc) is 2.35. The molecule has 0 unspecified atom stereocenters. The Morgan fingerprint density at radius 2 is 2.05 bits per heavy atom. The van der Waals surface area contributed by atoms with E-state index >= 15 is 0 Å². The summed E-state index contributed by atoms with van der Waals surface area (Å²) in [6, 6.07) is 4.66. The minimum absolute atomic E-state index is 0. The number of benzene rings is 1. The van der Waals surface area contributed by atoms with E-state index in [0.29, 0.717) is 12.0 Å². The molecule has 0 aromatic heterocycles. The Balaban J connectivity index is 0.00000200. The molecule has 0 amide bonds. The minimum Gasteiger partial charge on any atom is -0.545 e. The maximum Gasteiger partial charge on any atom is 1.00 e. The van der Waals surface area contributed by atoms with Crippen molar-refractivity contribution in [3.05, 3.63) is 34.9 Å². The number of ether oxygens (including phenoxy) is 1. The molecule has 0 spiro atoms. The Labute approximate surface area is 135 Å². The fourth-order valence-corrected chi connectivity index (χ4v) is 1.88. The number of fused-ring (bicyclic) bond motifs is 1. The van der Waals surface area contributed by atoms with Crippen molar-refractivity contribution in [2.24, 2.45) is 0 Å². The SMILES string of the molecule is CCc1ccc2c(c1)C=C(C(=O)[O-])[C@@H](C(F)(F)F)O2.[Na+]. The number of carbonyl (C=O) groups excluding carboxylic acids is 1. The first-order chi connectivity index (χ1) is 8.82. The molecule has 102 valence electrons. The van der Waals surface area contributed by atoms with Crippen LogP contribution in [-0.4, -0.2) is 18.2 Å². The van der Waals surface area contributed by atoms with Crippen molar-refractivity contribution in [2.45, 2.75) is 25.6 Å². The summed E-state index contributed by atoms with van der Waals surface area (Å²) in [5.74, 6) is -1.86. The van der Waals surface area contributed by atoms with Gasteiger partial charge in [0.15, 0.2) is 0 Å². The van der Waals surface area contributed by atoms with E-state index in [2.05, 4.69) is 0 Å². The molecular formula is C13H10F3NaO3. The van der Waals surface area contributed by atoms with Gasteiger partial charge in [0, 0.05) is 11.1 Å². The number of aryl methyl sites for hydroxylation is 1. The van der Waals surface area contributed by atoms with Gasteiger partial charge in [-0.25, -0.2) is 0 Å². The van der Waals surface area contributed by atoms with Crippen LogP contribution >= 0.6 is 0 Å². The van der Waals surface area contributed by atoms with Crippen LogP contribution in [0.15, 0.2) is 23.8 Å². The standard InChI is InChI=1S/C13H11F3O3.Na/c1-2-7-3-4-10-8(5-7)6-9(12(17)18)11(19-10)13(14,15)16;/h3-6,11H,2H2,1H3,(H,17,18);/q;+1/p-1/t11-;/m0./s1. The van der Waals surface area contributed by atoms with Gasteiger partial charge in [-0.1, -0.05) is 13.0 Å². The number of halogens is 3. The van der Waals surface area contributed by atoms with Gasteiger partial charge >= 0.3 is 35.7 Å². The van der Waals surface area contributed by atoms with Gasteiger partial charge < -0.3 is 14.6 Å². The van der Waals surface area contributed by atoms with Crippen molar-refractivity contribution in [1.82, 2.24) is 0 Å². The first-order valence-electron chi connectivity index (χ1n) is 5.62. The molecule has 0 saturated heterocycles. The zero-order valence-corrected chi connectivity index (χ0v) is 13.0. The van der Waals surface area contributed by atoms with Crippen LogP contribution in [0.2, 0.25) is 0 Å². The Bertz CT molecular complexity index is 552. The smallest absolute Gasteiger partial charge is 0.545 e. The zero-order valence-electron chi connectivity index (χ0n) is 11.0. The summed E-state index contributed by atoms with van der Waals surface area (Å²) in [4.78, 5) is 10.8. The molecule has 1 aromatic carbocycles. The Kier molecular flexibility index (Phi) is 5.29. The van der Waals surface area contributed by atoms with Crippen LogP contribution in [0, 0.1) is 0 Å². The number of carboxylic acids is 1. The zero-order chi connectivity index (χ0) is 14.2. The summed E-state index contributed by atoms with van der Waals surface area (Å²) in [5, 5.41) is 10.8. The molecule has 1 heterocycles. The van der Waals surface area contributed by atoms with Gasteiger partial charge in [-0.05, 0) is 30.2 Å². The number of hydrogen-bond donors (Lipinski definition) is 0. The van der Waals surface area contributed by atoms with Crippen molar-refractivity contribution >= 4 is 12.0 Å². The number of carbonyl (C=O) groups is 1. The summed E-state index contributed by atoms with van der Waals surface area (Å²) >= 11 is 0. The quantitative estimate of drug-likeness (QED) is 0.638. The molecule has 20 heavy (non-hydrogen) atoms. The van der Waals surface area contributed by atoms with Crippen LogP contribution in [0.1, 0.15) is 18.1 Å². The maximum atomic E-state index is 12.7. The fraction of sp³-hybridized carbons (Fsp3) is 0.308. The van der Waals surface area contributed by atoms with E-state index in [0.717, 1.165) is 11.6 Å². The molecule has 3 nitrogen and oxygen atoms in total. The molecule has 1 atom stereocenters. The van der Waals surface area contributed by atoms with Crippen molar-refractivity contribution in [3.8, 4) is 5.75 Å². The molecule has 0 bridgehead atoms. The summed E-state index contributed by atoms with van der Waals surface area (Å²) in [7, 11) is 0. The molecule has 2 rings (SSSR count). The molecule has 0 N–H and O–H groups in total. The van der Waals surface area contributed by atoms with E-state index in [-0.39, 0.29) is 35.3 Å². The Morgan fingerprint density at radius 1 is 1.40 bits per heavy atom. The summed E-state index contributed by atoms with van der Waals surface area (Å²) in [6.07, 6.45) is -5.64. The summed E-state index contributed by atoms with van der Waals surface area (Å²) < 4.78 is 43.0. The second-order valence-electron chi connectivity index (χ2n) is 4.15. The number of aliphatic carboxylic acids is 1. The minimum atomic E-state index is -4.80. The van der Waals surface area contributed by atoms with Crippen LogP contribution in [0.25, 0.3) is 6.08 Å². The van der Waals surface area contributed by atoms with Gasteiger partial charge in [-0.3, -0.25) is 0 Å². The van der Waals surface area contributed by atoms with Gasteiger partial charge in [-0.2, -0.15) is 13.2 Å². The van der Waals surface area contributed by atoms with Crippen molar-refractivity contribution in [2.75, 3.05) is 0 Å². The first-order valence-corrected chi connectivity index (χ1v) is 5.62. The van der Waals surface area contributed by atoms with E-state index in [1.807, 2.05) is 6.92 Å². The number of carboxylic acid groups (broad SMARTS) is 1. The van der Waals surface area contributed by atoms with E-state index in [1.54, 1.807) is 12.1 Å². The first kappa shape index (κ1) is 17.1. The van der Waals surface area contributed by atoms with Crippen LogP contribution < -0.4 is 39.4 Å². The number of alkyl halides is 3. The molecule has 1 aliphatic heterocycles. The van der Waals surface area contributed by atoms with E-state index in [4.69, 9.17) is 4.74 Å². The summed E-state index contributed by atoms with van der Waals surface area (Å²) in [5.41, 5.74) is 0.286. The Morgan fingerprint density at radius 3 is 2.55 bits per heavy atom. The van der Waals surface area contributed by atoms with Gasteiger partial charge in [0.25, 0.3) is 0 Å². The second kappa shape index (κ2) is 6.20. The molecule has 0 aliphatic carbocycles. The normalized spacial score (nSPS) is 17.4. The molecule has 1 aliphatic rings. The maximum absolute atomic E-state index is 12.7. The van der Waals surface area contributed by atoms with Crippen LogP contribution in [0.5, 0.6) is 5.75 Å². The fourth-order valence-electron chi connectivity index (χ4n) is 1.88. The monoisotopic (exact) mass is 294 g/mol. The predicted octanol–water partition coefficient (Wildman–Crippen LogP) is -1.29. The number of rotatable bonds is 2. The summed E-state index contributed by atoms with van der Waals surface area (Å²) in [6.45, 7) is 1.88. The van der Waals surface area contributed by atoms with Gasteiger partial charge in [0.05, 0.1) is 5.97 Å². The van der Waals surface area contributed by atoms with E-state index < -0.39 is 23.8 Å². The number of hydrogen-bond acceptors (Lipinski definition) is 3. The van der Waals surface area contributed by atoms with Crippen molar-refractivity contribution < 1.29 is 57.4 Å². The molecular weight excluding hydrogens is 284 g/mol. The van der Waals surface area contributed by atoms with Crippen LogP contribution in [0.4, 0.5) is 13.2 Å². The van der Waals surface area contributed by atoms with Gasteiger partial charge in [0.2, 0.25) is 6.10 Å². The molecule has 0 fully saturated rings. The third-order valence-corrected chi connectivity index (χ3v) is 2.85. The molecule has 7 heteroatoms. The topological polar surface area (TPSA) is 49.4 Å². The largest absolute Gasteiger partial charge is 1.00 e. The van der Waals surface area contributed by atoms with E-state index in [9.17, 15) is 23.1 Å². The third kappa shape index (κ3) is 3.37. The second-order valence-corrected chi connectivity index (χ2v) is 4.15. The van der Waals surface area contributed by atoms with Gasteiger partial charge in [-0.15, -0.1) is 0 Å². The molecule has 0 radical (unpaired) electrons. The molecule has 0 saturated carbocycles. The van der Waals surface area contributed by atoms with Crippen molar-refractivity contribution in [1.29, 1.82) is 0 Å². The van der Waals surface area contributed by atoms with Gasteiger partial charge in [0.1, 0.15) is 5.75 Å². The third-order valence-electron chi connectivity index (χ3n) is 2.85. The average molecular weight is 294 g/mol. The van der Waals surface area contributed by atoms with Crippen LogP contribution in [0.3, 0.4) is 0 Å². The Hall–Kier alpha value is -0.980. The molecule has 1 aromatic rings.